The number of fused-ring (bicyclic) bond motifs is 2. The molecule has 4 aromatic rings. The number of alkyl halides is 3. The van der Waals surface area contributed by atoms with Gasteiger partial charge in [-0.25, -0.2) is 4.79 Å². The minimum absolute atomic E-state index is 0.239. The molecule has 1 aliphatic heterocycles. The summed E-state index contributed by atoms with van der Waals surface area (Å²) < 4.78 is 55.5. The van der Waals surface area contributed by atoms with E-state index in [0.717, 1.165) is 17.7 Å². The molecule has 0 aliphatic carbocycles. The Hall–Kier alpha value is -4.01. The highest BCUT2D eigenvalue weighted by atomic mass is 19.4. The summed E-state index contributed by atoms with van der Waals surface area (Å²) in [6.07, 6.45) is -3.84. The smallest absolute Gasteiger partial charge is 0.416 e. The van der Waals surface area contributed by atoms with E-state index < -0.39 is 23.3 Å². The van der Waals surface area contributed by atoms with Crippen molar-refractivity contribution in [3.05, 3.63) is 71.8 Å². The molecule has 1 N–H and O–H groups in total. The van der Waals surface area contributed by atoms with E-state index in [0.29, 0.717) is 45.9 Å². The van der Waals surface area contributed by atoms with Crippen LogP contribution in [-0.2, 0) is 17.4 Å². The fourth-order valence-electron chi connectivity index (χ4n) is 4.02. The molecule has 1 unspecified atom stereocenters. The van der Waals surface area contributed by atoms with Crippen LogP contribution in [0.3, 0.4) is 0 Å². The second-order valence-electron chi connectivity index (χ2n) is 8.07. The largest absolute Gasteiger partial charge is 0.478 e. The van der Waals surface area contributed by atoms with Crippen molar-refractivity contribution >= 4 is 16.9 Å². The van der Waals surface area contributed by atoms with Crippen molar-refractivity contribution < 1.29 is 37.1 Å². The van der Waals surface area contributed by atoms with E-state index in [1.165, 1.54) is 12.1 Å². The molecule has 1 aromatic heterocycles. The molecule has 6 nitrogen and oxygen atoms in total. The Labute approximate surface area is 191 Å². The molecule has 9 heteroatoms. The Bertz CT molecular complexity index is 1390. The highest BCUT2D eigenvalue weighted by Crippen LogP contribution is 2.40. The average Bonchev–Trinajstić information content (AvgIpc) is 3.40. The highest BCUT2D eigenvalue weighted by molar-refractivity contribution is 5.92. The number of hydrogen-bond donors (Lipinski definition) is 1. The topological polar surface area (TPSA) is 81.8 Å². The molecule has 34 heavy (non-hydrogen) atoms. The Morgan fingerprint density at radius 3 is 2.47 bits per heavy atom. The number of benzene rings is 3. The van der Waals surface area contributed by atoms with Crippen LogP contribution in [0.1, 0.15) is 24.5 Å². The first kappa shape index (κ1) is 21.8. The summed E-state index contributed by atoms with van der Waals surface area (Å²) >= 11 is 0. The van der Waals surface area contributed by atoms with Crippen molar-refractivity contribution in [1.29, 1.82) is 0 Å². The molecule has 3 aromatic carbocycles. The SMILES string of the molecule is CCC1(C(=O)O)Cc2cc(Oc3ccc4c(-c5ccc(C(F)(F)F)cc5)noc4c3)ccc2O1. The predicted molar refractivity (Wildman–Crippen MR) is 116 cm³/mol. The second kappa shape index (κ2) is 7.79. The van der Waals surface area contributed by atoms with Gasteiger partial charge >= 0.3 is 12.1 Å². The average molecular weight is 469 g/mol. The molecule has 0 amide bonds. The van der Waals surface area contributed by atoms with Crippen LogP contribution in [0.25, 0.3) is 22.2 Å². The minimum Gasteiger partial charge on any atom is -0.478 e. The van der Waals surface area contributed by atoms with E-state index in [1.54, 1.807) is 43.3 Å². The van der Waals surface area contributed by atoms with Gasteiger partial charge in [0.05, 0.1) is 5.56 Å². The summed E-state index contributed by atoms with van der Waals surface area (Å²) in [5.74, 6) is 0.472. The van der Waals surface area contributed by atoms with Crippen molar-refractivity contribution in [3.8, 4) is 28.5 Å². The molecule has 5 rings (SSSR count). The quantitative estimate of drug-likeness (QED) is 0.361. The van der Waals surface area contributed by atoms with Crippen molar-refractivity contribution in [3.63, 3.8) is 0 Å². The normalized spacial score (nSPS) is 17.4. The lowest BCUT2D eigenvalue weighted by Gasteiger charge is -2.21. The number of ether oxygens (including phenoxy) is 2. The molecule has 0 radical (unpaired) electrons. The Kier molecular flexibility index (Phi) is 5.00. The number of halogens is 3. The van der Waals surface area contributed by atoms with Crippen LogP contribution in [-0.4, -0.2) is 21.8 Å². The fourth-order valence-corrected chi connectivity index (χ4v) is 4.02. The molecule has 174 valence electrons. The van der Waals surface area contributed by atoms with Gasteiger partial charge in [-0.1, -0.05) is 24.2 Å². The minimum atomic E-state index is -4.41. The summed E-state index contributed by atoms with van der Waals surface area (Å²) in [7, 11) is 0. The molecule has 1 atom stereocenters. The number of carboxylic acids is 1. The molecule has 1 aliphatic rings. The standard InChI is InChI=1S/C25H18F3NO5/c1-2-24(23(30)31)13-15-11-17(8-10-20(15)33-24)32-18-7-9-19-21(12-18)34-29-22(19)14-3-5-16(6-4-14)25(26,27)28/h3-12H,2,13H2,1H3,(H,30,31). The number of hydrogen-bond acceptors (Lipinski definition) is 5. The van der Waals surface area contributed by atoms with Crippen LogP contribution in [0.15, 0.2) is 65.2 Å². The molecular weight excluding hydrogens is 451 g/mol. The van der Waals surface area contributed by atoms with Crippen LogP contribution in [0, 0.1) is 0 Å². The number of carboxylic acid groups (broad SMARTS) is 1. The number of nitrogens with zero attached hydrogens (tertiary/aromatic N) is 1. The van der Waals surface area contributed by atoms with Gasteiger partial charge in [0, 0.05) is 29.0 Å². The summed E-state index contributed by atoms with van der Waals surface area (Å²) in [4.78, 5) is 11.7. The summed E-state index contributed by atoms with van der Waals surface area (Å²) in [6, 6.07) is 14.9. The molecule has 0 spiro atoms. The van der Waals surface area contributed by atoms with Crippen molar-refractivity contribution in [1.82, 2.24) is 5.16 Å². The Balaban J connectivity index is 1.38. The van der Waals surface area contributed by atoms with Gasteiger partial charge in [0.25, 0.3) is 0 Å². The van der Waals surface area contributed by atoms with Gasteiger partial charge in [-0.05, 0) is 48.9 Å². The molecule has 2 heterocycles. The second-order valence-corrected chi connectivity index (χ2v) is 8.07. The number of carbonyl (C=O) groups is 1. The van der Waals surface area contributed by atoms with E-state index in [4.69, 9.17) is 14.0 Å². The number of aromatic nitrogens is 1. The zero-order valence-corrected chi connectivity index (χ0v) is 17.8. The molecule has 0 fully saturated rings. The zero-order chi connectivity index (χ0) is 24.1. The van der Waals surface area contributed by atoms with Crippen LogP contribution < -0.4 is 9.47 Å². The Morgan fingerprint density at radius 1 is 1.09 bits per heavy atom. The lowest BCUT2D eigenvalue weighted by atomic mass is 9.94. The highest BCUT2D eigenvalue weighted by Gasteiger charge is 2.45. The van der Waals surface area contributed by atoms with Crippen molar-refractivity contribution in [2.24, 2.45) is 0 Å². The van der Waals surface area contributed by atoms with E-state index >= 15 is 0 Å². The third-order valence-corrected chi connectivity index (χ3v) is 5.94. The lowest BCUT2D eigenvalue weighted by molar-refractivity contribution is -0.154. The maximum Gasteiger partial charge on any atom is 0.416 e. The molecular formula is C25H18F3NO5. The van der Waals surface area contributed by atoms with Gasteiger partial charge in [-0.2, -0.15) is 13.2 Å². The van der Waals surface area contributed by atoms with Gasteiger partial charge in [-0.15, -0.1) is 0 Å². The van der Waals surface area contributed by atoms with Crippen LogP contribution in [0.4, 0.5) is 13.2 Å². The third-order valence-electron chi connectivity index (χ3n) is 5.94. The van der Waals surface area contributed by atoms with Crippen LogP contribution in [0.2, 0.25) is 0 Å². The maximum absolute atomic E-state index is 12.8. The van der Waals surface area contributed by atoms with E-state index in [2.05, 4.69) is 5.16 Å². The first-order chi connectivity index (χ1) is 16.2. The molecule has 0 saturated heterocycles. The van der Waals surface area contributed by atoms with Gasteiger partial charge in [0.15, 0.2) is 5.58 Å². The summed E-state index contributed by atoms with van der Waals surface area (Å²) in [5, 5.41) is 14.2. The zero-order valence-electron chi connectivity index (χ0n) is 17.8. The fraction of sp³-hybridized carbons (Fsp3) is 0.200. The van der Waals surface area contributed by atoms with Gasteiger partial charge < -0.3 is 19.1 Å². The van der Waals surface area contributed by atoms with Crippen molar-refractivity contribution in [2.75, 3.05) is 0 Å². The lowest BCUT2D eigenvalue weighted by Crippen LogP contribution is -2.42. The first-order valence-corrected chi connectivity index (χ1v) is 10.5. The Morgan fingerprint density at radius 2 is 1.79 bits per heavy atom. The first-order valence-electron chi connectivity index (χ1n) is 10.5. The van der Waals surface area contributed by atoms with Gasteiger partial charge in [0.2, 0.25) is 5.60 Å². The van der Waals surface area contributed by atoms with E-state index in [9.17, 15) is 23.1 Å². The number of rotatable bonds is 5. The maximum atomic E-state index is 12.8. The van der Waals surface area contributed by atoms with E-state index in [-0.39, 0.29) is 6.42 Å². The number of aliphatic carboxylic acids is 1. The summed E-state index contributed by atoms with van der Waals surface area (Å²) in [5.41, 5.74) is 0.0688. The third kappa shape index (κ3) is 3.72. The monoisotopic (exact) mass is 469 g/mol. The van der Waals surface area contributed by atoms with Crippen LogP contribution in [0.5, 0.6) is 17.2 Å². The summed E-state index contributed by atoms with van der Waals surface area (Å²) in [6.45, 7) is 1.77. The van der Waals surface area contributed by atoms with Gasteiger partial charge in [0.1, 0.15) is 22.9 Å². The molecule has 0 saturated carbocycles. The van der Waals surface area contributed by atoms with Gasteiger partial charge in [-0.3, -0.25) is 0 Å². The van der Waals surface area contributed by atoms with E-state index in [1.807, 2.05) is 0 Å². The van der Waals surface area contributed by atoms with Crippen LogP contribution >= 0.6 is 0 Å². The van der Waals surface area contributed by atoms with Crippen molar-refractivity contribution in [2.45, 2.75) is 31.5 Å². The molecule has 0 bridgehead atoms. The predicted octanol–water partition coefficient (Wildman–Crippen LogP) is 6.47.